The molecule has 0 aliphatic rings. The minimum atomic E-state index is -0.659. The summed E-state index contributed by atoms with van der Waals surface area (Å²) in [6, 6.07) is 9.59. The van der Waals surface area contributed by atoms with Crippen LogP contribution >= 0.6 is 0 Å². The number of benzene rings is 1. The number of hydrogen-bond donors (Lipinski definition) is 0. The lowest BCUT2D eigenvalue weighted by Gasteiger charge is -2.19. The lowest BCUT2D eigenvalue weighted by molar-refractivity contribution is 0.0549. The SMILES string of the molecule is COC(=O)c1c(Cc2ccccc2)nc(C)c(OCCCN(C)C)c1C(=O)OC. The normalized spacial score (nSPS) is 10.7. The highest BCUT2D eigenvalue weighted by atomic mass is 16.5. The van der Waals surface area contributed by atoms with Crippen molar-refractivity contribution in [2.24, 2.45) is 0 Å². The first-order valence-corrected chi connectivity index (χ1v) is 9.40. The van der Waals surface area contributed by atoms with Gasteiger partial charge < -0.3 is 19.1 Å². The molecule has 2 aromatic rings. The van der Waals surface area contributed by atoms with E-state index in [0.29, 0.717) is 24.4 Å². The molecule has 0 saturated heterocycles. The third kappa shape index (κ3) is 5.77. The first kappa shape index (κ1) is 22.4. The zero-order chi connectivity index (χ0) is 21.4. The Kier molecular flexibility index (Phi) is 8.15. The monoisotopic (exact) mass is 400 g/mol. The van der Waals surface area contributed by atoms with E-state index in [4.69, 9.17) is 14.2 Å². The molecule has 0 aliphatic carbocycles. The molecule has 156 valence electrons. The van der Waals surface area contributed by atoms with Gasteiger partial charge in [-0.2, -0.15) is 0 Å². The minimum absolute atomic E-state index is 0.0580. The van der Waals surface area contributed by atoms with E-state index >= 15 is 0 Å². The molecular formula is C22H28N2O5. The van der Waals surface area contributed by atoms with E-state index in [0.717, 1.165) is 18.5 Å². The summed E-state index contributed by atoms with van der Waals surface area (Å²) >= 11 is 0. The second-order valence-electron chi connectivity index (χ2n) is 6.87. The van der Waals surface area contributed by atoms with Gasteiger partial charge in [-0.3, -0.25) is 4.98 Å². The van der Waals surface area contributed by atoms with E-state index in [1.165, 1.54) is 14.2 Å². The van der Waals surface area contributed by atoms with E-state index in [9.17, 15) is 9.59 Å². The number of hydrogen-bond acceptors (Lipinski definition) is 7. The molecule has 0 atom stereocenters. The van der Waals surface area contributed by atoms with Gasteiger partial charge in [-0.05, 0) is 33.0 Å². The van der Waals surface area contributed by atoms with Crippen molar-refractivity contribution in [2.75, 3.05) is 41.5 Å². The van der Waals surface area contributed by atoms with Crippen molar-refractivity contribution in [3.8, 4) is 5.75 Å². The maximum atomic E-state index is 12.6. The molecule has 2 rings (SSSR count). The maximum Gasteiger partial charge on any atom is 0.342 e. The molecule has 0 fully saturated rings. The third-order valence-electron chi connectivity index (χ3n) is 4.39. The number of carbonyl (C=O) groups excluding carboxylic acids is 2. The van der Waals surface area contributed by atoms with Gasteiger partial charge >= 0.3 is 11.9 Å². The van der Waals surface area contributed by atoms with Crippen molar-refractivity contribution in [3.05, 3.63) is 58.4 Å². The van der Waals surface area contributed by atoms with Crippen LogP contribution in [0.15, 0.2) is 30.3 Å². The number of rotatable bonds is 9. The van der Waals surface area contributed by atoms with E-state index in [2.05, 4.69) is 4.98 Å². The number of nitrogens with zero attached hydrogens (tertiary/aromatic N) is 2. The van der Waals surface area contributed by atoms with Crippen molar-refractivity contribution >= 4 is 11.9 Å². The van der Waals surface area contributed by atoms with E-state index in [-0.39, 0.29) is 16.9 Å². The standard InChI is InChI=1S/C22H28N2O5/c1-15-20(29-13-9-12-24(2)3)19(22(26)28-5)18(21(25)27-4)17(23-15)14-16-10-7-6-8-11-16/h6-8,10-11H,9,12-14H2,1-5H3. The average molecular weight is 400 g/mol. The molecule has 0 bridgehead atoms. The number of ether oxygens (including phenoxy) is 3. The minimum Gasteiger partial charge on any atom is -0.491 e. The van der Waals surface area contributed by atoms with Crippen LogP contribution in [0.5, 0.6) is 5.75 Å². The van der Waals surface area contributed by atoms with Gasteiger partial charge in [0.15, 0.2) is 5.75 Å². The molecule has 0 radical (unpaired) electrons. The van der Waals surface area contributed by atoms with E-state index in [1.807, 2.05) is 49.3 Å². The summed E-state index contributed by atoms with van der Waals surface area (Å²) in [6.07, 6.45) is 1.13. The molecule has 1 heterocycles. The Morgan fingerprint density at radius 1 is 1.00 bits per heavy atom. The zero-order valence-corrected chi connectivity index (χ0v) is 17.7. The fourth-order valence-electron chi connectivity index (χ4n) is 3.02. The highest BCUT2D eigenvalue weighted by molar-refractivity contribution is 6.06. The second kappa shape index (κ2) is 10.6. The summed E-state index contributed by atoms with van der Waals surface area (Å²) in [5.74, 6) is -1.05. The van der Waals surface area contributed by atoms with Gasteiger partial charge in [-0.1, -0.05) is 30.3 Å². The molecule has 7 heteroatoms. The molecular weight excluding hydrogens is 372 g/mol. The number of aromatic nitrogens is 1. The quantitative estimate of drug-likeness (QED) is 0.473. The van der Waals surface area contributed by atoms with Crippen LogP contribution < -0.4 is 4.74 Å². The van der Waals surface area contributed by atoms with Crippen molar-refractivity contribution in [2.45, 2.75) is 19.8 Å². The molecule has 1 aromatic heterocycles. The number of methoxy groups -OCH3 is 2. The summed E-state index contributed by atoms with van der Waals surface area (Å²) < 4.78 is 15.8. The smallest absolute Gasteiger partial charge is 0.342 e. The highest BCUT2D eigenvalue weighted by Gasteiger charge is 2.30. The van der Waals surface area contributed by atoms with Crippen molar-refractivity contribution in [1.82, 2.24) is 9.88 Å². The Balaban J connectivity index is 2.53. The van der Waals surface area contributed by atoms with Gasteiger partial charge in [0, 0.05) is 13.0 Å². The van der Waals surface area contributed by atoms with Crippen molar-refractivity contribution in [3.63, 3.8) is 0 Å². The van der Waals surface area contributed by atoms with E-state index < -0.39 is 11.9 Å². The van der Waals surface area contributed by atoms with Gasteiger partial charge in [0.1, 0.15) is 5.56 Å². The van der Waals surface area contributed by atoms with Gasteiger partial charge in [-0.25, -0.2) is 9.59 Å². The van der Waals surface area contributed by atoms with Gasteiger partial charge in [0.05, 0.1) is 37.8 Å². The van der Waals surface area contributed by atoms with Gasteiger partial charge in [-0.15, -0.1) is 0 Å². The Morgan fingerprint density at radius 3 is 2.21 bits per heavy atom. The lowest BCUT2D eigenvalue weighted by atomic mass is 9.98. The first-order valence-electron chi connectivity index (χ1n) is 9.40. The summed E-state index contributed by atoms with van der Waals surface area (Å²) in [5.41, 5.74) is 2.06. The average Bonchev–Trinajstić information content (AvgIpc) is 2.71. The third-order valence-corrected chi connectivity index (χ3v) is 4.39. The summed E-state index contributed by atoms with van der Waals surface area (Å²) in [7, 11) is 6.49. The van der Waals surface area contributed by atoms with E-state index in [1.54, 1.807) is 6.92 Å². The first-order chi connectivity index (χ1) is 13.9. The fourth-order valence-corrected chi connectivity index (χ4v) is 3.02. The summed E-state index contributed by atoms with van der Waals surface area (Å²) in [4.78, 5) is 31.9. The fraction of sp³-hybridized carbons (Fsp3) is 0.409. The predicted octanol–water partition coefficient (Wildman–Crippen LogP) is 2.88. The van der Waals surface area contributed by atoms with Crippen LogP contribution in [0.3, 0.4) is 0 Å². The zero-order valence-electron chi connectivity index (χ0n) is 17.7. The molecule has 0 spiro atoms. The summed E-state index contributed by atoms with van der Waals surface area (Å²) in [6.45, 7) is 2.96. The van der Waals surface area contributed by atoms with Crippen molar-refractivity contribution in [1.29, 1.82) is 0 Å². The summed E-state index contributed by atoms with van der Waals surface area (Å²) in [5, 5.41) is 0. The molecule has 0 amide bonds. The van der Waals surface area contributed by atoms with Gasteiger partial charge in [0.25, 0.3) is 0 Å². The molecule has 0 unspecified atom stereocenters. The van der Waals surface area contributed by atoms with Crippen LogP contribution in [0, 0.1) is 6.92 Å². The number of esters is 2. The highest BCUT2D eigenvalue weighted by Crippen LogP contribution is 2.30. The van der Waals surface area contributed by atoms with Crippen LogP contribution in [-0.2, 0) is 15.9 Å². The van der Waals surface area contributed by atoms with Gasteiger partial charge in [0.2, 0.25) is 0 Å². The molecule has 0 aliphatic heterocycles. The second-order valence-corrected chi connectivity index (χ2v) is 6.87. The topological polar surface area (TPSA) is 78.0 Å². The van der Waals surface area contributed by atoms with Crippen LogP contribution in [0.25, 0.3) is 0 Å². The Hall–Kier alpha value is -2.93. The largest absolute Gasteiger partial charge is 0.491 e. The van der Waals surface area contributed by atoms with Crippen LogP contribution in [0.1, 0.15) is 44.1 Å². The maximum absolute atomic E-state index is 12.6. The van der Waals surface area contributed by atoms with Crippen LogP contribution in [0.2, 0.25) is 0 Å². The van der Waals surface area contributed by atoms with Crippen molar-refractivity contribution < 1.29 is 23.8 Å². The Bertz CT molecular complexity index is 850. The molecule has 7 nitrogen and oxygen atoms in total. The van der Waals surface area contributed by atoms with Crippen LogP contribution in [-0.4, -0.2) is 63.3 Å². The Labute approximate surface area is 171 Å². The predicted molar refractivity (Wildman–Crippen MR) is 110 cm³/mol. The number of aryl methyl sites for hydroxylation is 1. The Morgan fingerprint density at radius 2 is 1.62 bits per heavy atom. The number of carbonyl (C=O) groups is 2. The molecule has 1 aromatic carbocycles. The number of pyridine rings is 1. The molecule has 29 heavy (non-hydrogen) atoms. The molecule has 0 saturated carbocycles. The van der Waals surface area contributed by atoms with Crippen LogP contribution in [0.4, 0.5) is 0 Å². The lowest BCUT2D eigenvalue weighted by Crippen LogP contribution is -2.21. The molecule has 0 N–H and O–H groups in total.